The molecule has 0 spiro atoms. The first kappa shape index (κ1) is 18.4. The summed E-state index contributed by atoms with van der Waals surface area (Å²) in [5.41, 5.74) is 2.41. The number of hydrogen-bond acceptors (Lipinski definition) is 4. The van der Waals surface area contributed by atoms with Gasteiger partial charge in [0.05, 0.1) is 18.2 Å². The first-order valence-electron chi connectivity index (χ1n) is 8.69. The number of hydrogen-bond donors (Lipinski definition) is 1. The molecule has 0 aliphatic heterocycles. The van der Waals surface area contributed by atoms with Crippen LogP contribution in [-0.4, -0.2) is 28.3 Å². The maximum Gasteiger partial charge on any atom is 0.338 e. The largest absolute Gasteiger partial charge is 0.452 e. The van der Waals surface area contributed by atoms with Crippen molar-refractivity contribution < 1.29 is 14.3 Å². The van der Waals surface area contributed by atoms with E-state index in [9.17, 15) is 9.59 Å². The summed E-state index contributed by atoms with van der Waals surface area (Å²) in [7, 11) is 0. The molecule has 6 nitrogen and oxygen atoms in total. The molecule has 1 aromatic heterocycles. The highest BCUT2D eigenvalue weighted by Crippen LogP contribution is 2.11. The molecule has 1 N–H and O–H groups in total. The van der Waals surface area contributed by atoms with Crippen molar-refractivity contribution in [3.63, 3.8) is 0 Å². The zero-order valence-corrected chi connectivity index (χ0v) is 15.0. The fourth-order valence-electron chi connectivity index (χ4n) is 2.65. The summed E-state index contributed by atoms with van der Waals surface area (Å²) in [5, 5.41) is 6.95. The highest BCUT2D eigenvalue weighted by molar-refractivity contribution is 5.91. The van der Waals surface area contributed by atoms with Gasteiger partial charge in [-0.2, -0.15) is 5.10 Å². The molecular weight excluding hydrogens is 342 g/mol. The maximum absolute atomic E-state index is 12.1. The minimum Gasteiger partial charge on any atom is -0.452 e. The second-order valence-electron chi connectivity index (χ2n) is 6.18. The molecule has 0 aliphatic carbocycles. The maximum atomic E-state index is 12.1. The Labute approximate surface area is 157 Å². The van der Waals surface area contributed by atoms with E-state index in [1.807, 2.05) is 61.7 Å². The molecule has 0 saturated heterocycles. The smallest absolute Gasteiger partial charge is 0.338 e. The number of benzene rings is 2. The van der Waals surface area contributed by atoms with Crippen molar-refractivity contribution in [3.05, 3.63) is 89.7 Å². The Hall–Kier alpha value is -3.41. The van der Waals surface area contributed by atoms with Crippen molar-refractivity contribution >= 4 is 11.9 Å². The Morgan fingerprint density at radius 3 is 2.48 bits per heavy atom. The number of rotatable bonds is 7. The van der Waals surface area contributed by atoms with Crippen LogP contribution >= 0.6 is 0 Å². The zero-order chi connectivity index (χ0) is 19.1. The number of carbonyl (C=O) groups is 2. The van der Waals surface area contributed by atoms with E-state index in [0.717, 1.165) is 11.1 Å². The van der Waals surface area contributed by atoms with Crippen molar-refractivity contribution in [3.8, 4) is 0 Å². The van der Waals surface area contributed by atoms with Crippen LogP contribution in [0.2, 0.25) is 0 Å². The molecule has 0 saturated carbocycles. The number of nitrogens with one attached hydrogen (secondary N) is 1. The molecule has 138 valence electrons. The van der Waals surface area contributed by atoms with E-state index in [0.29, 0.717) is 12.1 Å². The van der Waals surface area contributed by atoms with Gasteiger partial charge in [0.2, 0.25) is 0 Å². The Morgan fingerprint density at radius 1 is 1.07 bits per heavy atom. The molecule has 1 amide bonds. The summed E-state index contributed by atoms with van der Waals surface area (Å²) in [6.45, 7) is 2.19. The molecule has 2 aromatic carbocycles. The predicted molar refractivity (Wildman–Crippen MR) is 101 cm³/mol. The number of amides is 1. The van der Waals surface area contributed by atoms with E-state index in [2.05, 4.69) is 10.4 Å². The molecule has 1 atom stereocenters. The van der Waals surface area contributed by atoms with E-state index in [1.165, 1.54) is 0 Å². The van der Waals surface area contributed by atoms with Crippen LogP contribution in [0.3, 0.4) is 0 Å². The molecule has 27 heavy (non-hydrogen) atoms. The van der Waals surface area contributed by atoms with Crippen LogP contribution in [0.25, 0.3) is 0 Å². The topological polar surface area (TPSA) is 73.2 Å². The second kappa shape index (κ2) is 8.80. The van der Waals surface area contributed by atoms with Gasteiger partial charge in [-0.05, 0) is 36.2 Å². The van der Waals surface area contributed by atoms with Crippen molar-refractivity contribution in [2.45, 2.75) is 19.5 Å². The first-order valence-corrected chi connectivity index (χ1v) is 8.69. The van der Waals surface area contributed by atoms with E-state index in [1.54, 1.807) is 23.0 Å². The fourth-order valence-corrected chi connectivity index (χ4v) is 2.65. The summed E-state index contributed by atoms with van der Waals surface area (Å²) in [4.78, 5) is 24.1. The van der Waals surface area contributed by atoms with Crippen LogP contribution in [0.4, 0.5) is 0 Å². The normalized spacial score (nSPS) is 11.6. The Morgan fingerprint density at radius 2 is 1.81 bits per heavy atom. The van der Waals surface area contributed by atoms with Gasteiger partial charge in [-0.3, -0.25) is 9.48 Å². The van der Waals surface area contributed by atoms with Crippen molar-refractivity contribution in [2.75, 3.05) is 6.61 Å². The molecule has 3 aromatic rings. The Balaban J connectivity index is 1.47. The van der Waals surface area contributed by atoms with Gasteiger partial charge in [-0.15, -0.1) is 0 Å². The van der Waals surface area contributed by atoms with Crippen molar-refractivity contribution in [1.82, 2.24) is 15.1 Å². The Kier molecular flexibility index (Phi) is 5.99. The SMILES string of the molecule is CC(NC(=O)COC(=O)c1ccc(Cn2cccn2)cc1)c1ccccc1. The molecule has 0 aliphatic rings. The minimum atomic E-state index is -0.525. The summed E-state index contributed by atoms with van der Waals surface area (Å²) in [5.74, 6) is -0.863. The van der Waals surface area contributed by atoms with Crippen LogP contribution < -0.4 is 5.32 Å². The molecular formula is C21H21N3O3. The van der Waals surface area contributed by atoms with E-state index < -0.39 is 5.97 Å². The van der Waals surface area contributed by atoms with Crippen LogP contribution in [0, 0.1) is 0 Å². The lowest BCUT2D eigenvalue weighted by molar-refractivity contribution is -0.124. The first-order chi connectivity index (χ1) is 13.1. The molecule has 0 radical (unpaired) electrons. The predicted octanol–water partition coefficient (Wildman–Crippen LogP) is 2.97. The lowest BCUT2D eigenvalue weighted by atomic mass is 10.1. The molecule has 0 fully saturated rings. The van der Waals surface area contributed by atoms with Gasteiger partial charge < -0.3 is 10.1 Å². The summed E-state index contributed by atoms with van der Waals surface area (Å²) in [6, 6.07) is 18.4. The fraction of sp³-hybridized carbons (Fsp3) is 0.190. The van der Waals surface area contributed by atoms with Gasteiger partial charge in [0, 0.05) is 12.4 Å². The van der Waals surface area contributed by atoms with Crippen LogP contribution in [0.15, 0.2) is 73.1 Å². The molecule has 1 unspecified atom stereocenters. The number of ether oxygens (including phenoxy) is 1. The van der Waals surface area contributed by atoms with Crippen LogP contribution in [0.1, 0.15) is 34.5 Å². The van der Waals surface area contributed by atoms with Gasteiger partial charge in [0.1, 0.15) is 0 Å². The quantitative estimate of drug-likeness (QED) is 0.655. The van der Waals surface area contributed by atoms with E-state index in [-0.39, 0.29) is 18.6 Å². The lowest BCUT2D eigenvalue weighted by Gasteiger charge is -2.14. The van der Waals surface area contributed by atoms with E-state index in [4.69, 9.17) is 4.74 Å². The summed E-state index contributed by atoms with van der Waals surface area (Å²) in [6.07, 6.45) is 3.59. The zero-order valence-electron chi connectivity index (χ0n) is 15.0. The third-order valence-corrected chi connectivity index (χ3v) is 4.10. The average Bonchev–Trinajstić information content (AvgIpc) is 3.20. The van der Waals surface area contributed by atoms with Crippen LogP contribution in [-0.2, 0) is 16.1 Å². The van der Waals surface area contributed by atoms with Gasteiger partial charge >= 0.3 is 5.97 Å². The summed E-state index contributed by atoms with van der Waals surface area (Å²) < 4.78 is 6.90. The molecule has 3 rings (SSSR count). The molecule has 6 heteroatoms. The highest BCUT2D eigenvalue weighted by atomic mass is 16.5. The third kappa shape index (κ3) is 5.28. The summed E-state index contributed by atoms with van der Waals surface area (Å²) >= 11 is 0. The van der Waals surface area contributed by atoms with E-state index >= 15 is 0 Å². The number of esters is 1. The standard InChI is InChI=1S/C21H21N3O3/c1-16(18-6-3-2-4-7-18)23-20(25)15-27-21(26)19-10-8-17(9-11-19)14-24-13-5-12-22-24/h2-13,16H,14-15H2,1H3,(H,23,25). The third-order valence-electron chi connectivity index (χ3n) is 4.10. The Bertz CT molecular complexity index is 875. The second-order valence-corrected chi connectivity index (χ2v) is 6.18. The van der Waals surface area contributed by atoms with Gasteiger partial charge in [0.15, 0.2) is 6.61 Å². The minimum absolute atomic E-state index is 0.154. The number of aromatic nitrogens is 2. The monoisotopic (exact) mass is 363 g/mol. The van der Waals surface area contributed by atoms with Crippen LogP contribution in [0.5, 0.6) is 0 Å². The molecule has 0 bridgehead atoms. The average molecular weight is 363 g/mol. The van der Waals surface area contributed by atoms with Gasteiger partial charge in [0.25, 0.3) is 5.91 Å². The number of nitrogens with zero attached hydrogens (tertiary/aromatic N) is 2. The highest BCUT2D eigenvalue weighted by Gasteiger charge is 2.13. The lowest BCUT2D eigenvalue weighted by Crippen LogP contribution is -2.31. The van der Waals surface area contributed by atoms with Crippen molar-refractivity contribution in [1.29, 1.82) is 0 Å². The molecule has 1 heterocycles. The van der Waals surface area contributed by atoms with Crippen molar-refractivity contribution in [2.24, 2.45) is 0 Å². The number of carbonyl (C=O) groups excluding carboxylic acids is 2. The van der Waals surface area contributed by atoms with Gasteiger partial charge in [-0.25, -0.2) is 4.79 Å². The van der Waals surface area contributed by atoms with Gasteiger partial charge in [-0.1, -0.05) is 42.5 Å².